The topological polar surface area (TPSA) is 12.0 Å². The average molecular weight is 351 g/mol. The Balaban J connectivity index is 2.39. The summed E-state index contributed by atoms with van der Waals surface area (Å²) in [5.74, 6) is 0. The van der Waals surface area contributed by atoms with Gasteiger partial charge >= 0.3 is 0 Å². The summed E-state index contributed by atoms with van der Waals surface area (Å²) in [5.41, 5.74) is 2.68. The lowest BCUT2D eigenvalue weighted by Gasteiger charge is -2.16. The number of rotatable bonds is 4. The van der Waals surface area contributed by atoms with E-state index < -0.39 is 0 Å². The van der Waals surface area contributed by atoms with Crippen LogP contribution in [0.25, 0.3) is 0 Å². The maximum absolute atomic E-state index is 6.11. The third kappa shape index (κ3) is 2.93. The quantitative estimate of drug-likeness (QED) is 0.796. The van der Waals surface area contributed by atoms with Crippen LogP contribution in [-0.4, -0.2) is 6.54 Å². The van der Waals surface area contributed by atoms with Gasteiger partial charge in [0.1, 0.15) is 0 Å². The Hall–Kier alpha value is 0.130. The first-order valence-corrected chi connectivity index (χ1v) is 8.27. The summed E-state index contributed by atoms with van der Waals surface area (Å²) in [5, 5.41) is 8.71. The van der Waals surface area contributed by atoms with Crippen molar-refractivity contribution in [3.05, 3.63) is 41.6 Å². The molecule has 1 atom stereocenters. The molecule has 0 saturated heterocycles. The van der Waals surface area contributed by atoms with Crippen molar-refractivity contribution in [2.24, 2.45) is 0 Å². The van der Waals surface area contributed by atoms with Gasteiger partial charge in [-0.05, 0) is 57.4 Å². The van der Waals surface area contributed by atoms with Crippen LogP contribution in [0.4, 0.5) is 0 Å². The summed E-state index contributed by atoms with van der Waals surface area (Å²) in [6.07, 6.45) is 0. The highest BCUT2D eigenvalue weighted by Gasteiger charge is 2.19. The van der Waals surface area contributed by atoms with Gasteiger partial charge in [0.05, 0.1) is 14.9 Å². The molecule has 2 heterocycles. The summed E-state index contributed by atoms with van der Waals surface area (Å²) < 4.78 is 1.00. The highest BCUT2D eigenvalue weighted by atomic mass is 79.9. The lowest BCUT2D eigenvalue weighted by molar-refractivity contribution is 0.639. The molecule has 0 saturated carbocycles. The van der Waals surface area contributed by atoms with Crippen LogP contribution in [0.1, 0.15) is 29.0 Å². The Kier molecular flexibility index (Phi) is 4.66. The summed E-state index contributed by atoms with van der Waals surface area (Å²) in [4.78, 5) is 1.25. The highest BCUT2D eigenvalue weighted by molar-refractivity contribution is 9.11. The van der Waals surface area contributed by atoms with Crippen molar-refractivity contribution in [1.29, 1.82) is 0 Å². The van der Waals surface area contributed by atoms with E-state index in [-0.39, 0.29) is 6.04 Å². The number of aryl methyl sites for hydroxylation is 1. The van der Waals surface area contributed by atoms with Gasteiger partial charge in [-0.2, -0.15) is 11.3 Å². The van der Waals surface area contributed by atoms with Crippen LogP contribution in [0.15, 0.2) is 20.6 Å². The van der Waals surface area contributed by atoms with Gasteiger partial charge in [0.25, 0.3) is 0 Å². The van der Waals surface area contributed by atoms with Crippen molar-refractivity contribution >= 4 is 50.2 Å². The zero-order chi connectivity index (χ0) is 12.4. The molecule has 17 heavy (non-hydrogen) atoms. The Labute approximate surface area is 123 Å². The first kappa shape index (κ1) is 13.6. The van der Waals surface area contributed by atoms with Gasteiger partial charge in [-0.15, -0.1) is 11.3 Å². The Bertz CT molecular complexity index is 487. The van der Waals surface area contributed by atoms with E-state index >= 15 is 0 Å². The van der Waals surface area contributed by atoms with Gasteiger partial charge in [0, 0.05) is 4.88 Å². The molecule has 92 valence electrons. The Morgan fingerprint density at radius 3 is 2.71 bits per heavy atom. The average Bonchev–Trinajstić information content (AvgIpc) is 2.83. The maximum Gasteiger partial charge on any atom is 0.0888 e. The first-order chi connectivity index (χ1) is 8.13. The van der Waals surface area contributed by atoms with E-state index in [9.17, 15) is 0 Å². The second kappa shape index (κ2) is 5.85. The molecular formula is C12H13BrClNS2. The van der Waals surface area contributed by atoms with Crippen molar-refractivity contribution in [2.75, 3.05) is 6.54 Å². The molecule has 2 rings (SSSR count). The molecular weight excluding hydrogens is 338 g/mol. The van der Waals surface area contributed by atoms with Crippen LogP contribution in [-0.2, 0) is 0 Å². The monoisotopic (exact) mass is 349 g/mol. The van der Waals surface area contributed by atoms with E-state index in [1.54, 1.807) is 22.7 Å². The number of thiophene rings is 2. The molecule has 0 aliphatic carbocycles. The lowest BCUT2D eigenvalue weighted by atomic mass is 10.1. The van der Waals surface area contributed by atoms with Crippen molar-refractivity contribution in [1.82, 2.24) is 5.32 Å². The fourth-order valence-electron chi connectivity index (χ4n) is 1.74. The number of hydrogen-bond acceptors (Lipinski definition) is 3. The Morgan fingerprint density at radius 2 is 2.24 bits per heavy atom. The molecule has 1 unspecified atom stereocenters. The lowest BCUT2D eigenvalue weighted by Crippen LogP contribution is -2.21. The van der Waals surface area contributed by atoms with Crippen LogP contribution in [0.5, 0.6) is 0 Å². The molecule has 2 aromatic rings. The van der Waals surface area contributed by atoms with E-state index in [0.29, 0.717) is 0 Å². The molecule has 0 spiro atoms. The van der Waals surface area contributed by atoms with Crippen LogP contribution in [0, 0.1) is 6.92 Å². The minimum atomic E-state index is 0.250. The predicted molar refractivity (Wildman–Crippen MR) is 81.6 cm³/mol. The third-order valence-corrected chi connectivity index (χ3v) is 5.98. The smallest absolute Gasteiger partial charge is 0.0888 e. The second-order valence-electron chi connectivity index (χ2n) is 3.77. The van der Waals surface area contributed by atoms with E-state index in [2.05, 4.69) is 45.9 Å². The van der Waals surface area contributed by atoms with E-state index in [0.717, 1.165) is 15.4 Å². The fourth-order valence-corrected chi connectivity index (χ4v) is 4.46. The van der Waals surface area contributed by atoms with Gasteiger partial charge in [-0.1, -0.05) is 18.5 Å². The number of nitrogens with one attached hydrogen (secondary N) is 1. The molecule has 0 aliphatic heterocycles. The summed E-state index contributed by atoms with van der Waals surface area (Å²) >= 11 is 13.0. The fraction of sp³-hybridized carbons (Fsp3) is 0.333. The minimum Gasteiger partial charge on any atom is -0.306 e. The van der Waals surface area contributed by atoms with Crippen LogP contribution in [0.2, 0.25) is 5.02 Å². The van der Waals surface area contributed by atoms with Crippen LogP contribution >= 0.6 is 50.2 Å². The molecule has 1 nitrogen and oxygen atoms in total. The number of hydrogen-bond donors (Lipinski definition) is 1. The first-order valence-electron chi connectivity index (χ1n) is 5.34. The molecule has 0 fully saturated rings. The van der Waals surface area contributed by atoms with Gasteiger partial charge in [0.2, 0.25) is 0 Å². The van der Waals surface area contributed by atoms with Crippen molar-refractivity contribution in [3.8, 4) is 0 Å². The largest absolute Gasteiger partial charge is 0.306 e. The summed E-state index contributed by atoms with van der Waals surface area (Å²) in [6, 6.07) is 2.29. The zero-order valence-corrected chi connectivity index (χ0v) is 13.6. The standard InChI is InChI=1S/C12H13BrClNS2/c1-3-15-11(8-6-16-5-7(8)2)10-4-9(14)12(13)17-10/h4-6,11,15H,3H2,1-2H3. The van der Waals surface area contributed by atoms with Crippen molar-refractivity contribution in [2.45, 2.75) is 19.9 Å². The second-order valence-corrected chi connectivity index (χ2v) is 7.32. The molecule has 0 amide bonds. The van der Waals surface area contributed by atoms with Gasteiger partial charge in [-0.25, -0.2) is 0 Å². The maximum atomic E-state index is 6.11. The molecule has 0 aliphatic rings. The van der Waals surface area contributed by atoms with Crippen LogP contribution in [0.3, 0.4) is 0 Å². The van der Waals surface area contributed by atoms with E-state index in [1.165, 1.54) is 16.0 Å². The van der Waals surface area contributed by atoms with Crippen molar-refractivity contribution < 1.29 is 0 Å². The van der Waals surface area contributed by atoms with E-state index in [4.69, 9.17) is 11.6 Å². The van der Waals surface area contributed by atoms with Gasteiger partial charge < -0.3 is 5.32 Å². The van der Waals surface area contributed by atoms with E-state index in [1.807, 2.05) is 6.07 Å². The molecule has 5 heteroatoms. The normalized spacial score (nSPS) is 12.9. The minimum absolute atomic E-state index is 0.250. The van der Waals surface area contributed by atoms with Gasteiger partial charge in [-0.3, -0.25) is 0 Å². The Morgan fingerprint density at radius 1 is 1.47 bits per heavy atom. The predicted octanol–water partition coefficient (Wildman–Crippen LogP) is 5.23. The molecule has 0 aromatic carbocycles. The molecule has 0 radical (unpaired) electrons. The summed E-state index contributed by atoms with van der Waals surface area (Å²) in [7, 11) is 0. The van der Waals surface area contributed by atoms with Crippen molar-refractivity contribution in [3.63, 3.8) is 0 Å². The number of halogens is 2. The molecule has 1 N–H and O–H groups in total. The SMILES string of the molecule is CCNC(c1cc(Cl)c(Br)s1)c1cscc1C. The van der Waals surface area contributed by atoms with Gasteiger partial charge in [0.15, 0.2) is 0 Å². The zero-order valence-electron chi connectivity index (χ0n) is 9.59. The third-order valence-electron chi connectivity index (χ3n) is 2.56. The molecule has 0 bridgehead atoms. The van der Waals surface area contributed by atoms with Crippen LogP contribution < -0.4 is 5.32 Å². The molecule has 2 aromatic heterocycles. The highest BCUT2D eigenvalue weighted by Crippen LogP contribution is 2.38. The summed E-state index contributed by atoms with van der Waals surface area (Å²) in [6.45, 7) is 5.21.